The molecule has 2 aromatic rings. The molecule has 7 heteroatoms. The third kappa shape index (κ3) is 3.11. The number of ether oxygens (including phenoxy) is 1. The minimum absolute atomic E-state index is 0.0613. The number of benzene rings is 2. The summed E-state index contributed by atoms with van der Waals surface area (Å²) in [6.45, 7) is 0.729. The van der Waals surface area contributed by atoms with E-state index in [1.54, 1.807) is 12.1 Å². The van der Waals surface area contributed by atoms with Crippen molar-refractivity contribution in [3.05, 3.63) is 71.0 Å². The molecule has 2 aromatic carbocycles. The van der Waals surface area contributed by atoms with E-state index in [0.717, 1.165) is 11.0 Å². The van der Waals surface area contributed by atoms with Gasteiger partial charge in [-0.05, 0) is 31.2 Å². The largest absolute Gasteiger partial charge is 0.456 e. The molecule has 6 nitrogen and oxygen atoms in total. The number of Topliss-reactive ketones (excluding diaryl/α,β-unsaturated/α-hetero) is 1. The highest BCUT2D eigenvalue weighted by atomic mass is 19.1. The Morgan fingerprint density at radius 1 is 1.04 bits per heavy atom. The highest BCUT2D eigenvalue weighted by Crippen LogP contribution is 2.24. The molecule has 0 bridgehead atoms. The Kier molecular flexibility index (Phi) is 4.62. The number of ketones is 1. The van der Waals surface area contributed by atoms with Crippen LogP contribution in [0.1, 0.15) is 38.0 Å². The topological polar surface area (TPSA) is 80.8 Å². The Hall–Kier alpha value is -3.35. The van der Waals surface area contributed by atoms with Crippen molar-refractivity contribution in [1.29, 1.82) is 0 Å². The van der Waals surface area contributed by atoms with E-state index < -0.39 is 42.0 Å². The van der Waals surface area contributed by atoms with E-state index in [1.165, 1.54) is 37.3 Å². The number of halogens is 1. The maximum absolute atomic E-state index is 13.1. The lowest BCUT2D eigenvalue weighted by atomic mass is 10.1. The second kappa shape index (κ2) is 6.87. The smallest absolute Gasteiger partial charge is 0.329 e. The van der Waals surface area contributed by atoms with Gasteiger partial charge in [0.1, 0.15) is 11.9 Å². The van der Waals surface area contributed by atoms with E-state index in [-0.39, 0.29) is 16.7 Å². The number of hydrogen-bond acceptors (Lipinski definition) is 5. The highest BCUT2D eigenvalue weighted by molar-refractivity contribution is 6.22. The third-order valence-corrected chi connectivity index (χ3v) is 4.05. The van der Waals surface area contributed by atoms with Crippen molar-refractivity contribution >= 4 is 23.6 Å². The molecule has 1 aliphatic heterocycles. The summed E-state index contributed by atoms with van der Waals surface area (Å²) in [4.78, 5) is 49.6. The van der Waals surface area contributed by atoms with Crippen molar-refractivity contribution in [3.8, 4) is 0 Å². The molecule has 0 radical (unpaired) electrons. The molecule has 0 fully saturated rings. The van der Waals surface area contributed by atoms with Gasteiger partial charge >= 0.3 is 5.97 Å². The first-order chi connectivity index (χ1) is 12.4. The van der Waals surface area contributed by atoms with E-state index in [2.05, 4.69) is 0 Å². The van der Waals surface area contributed by atoms with Gasteiger partial charge in [0, 0.05) is 5.56 Å². The van der Waals surface area contributed by atoms with Crippen LogP contribution in [-0.2, 0) is 9.53 Å². The van der Waals surface area contributed by atoms with Gasteiger partial charge in [0.15, 0.2) is 12.4 Å². The summed E-state index contributed by atoms with van der Waals surface area (Å²) in [6.07, 6.45) is 0. The molecule has 0 aromatic heterocycles. The average Bonchev–Trinajstić information content (AvgIpc) is 2.90. The second-order valence-electron chi connectivity index (χ2n) is 5.74. The number of carbonyl (C=O) groups is 4. The monoisotopic (exact) mass is 355 g/mol. The molecule has 1 atom stereocenters. The molecule has 1 aliphatic rings. The fraction of sp³-hybridized carbons (Fsp3) is 0.158. The van der Waals surface area contributed by atoms with Crippen molar-refractivity contribution in [3.63, 3.8) is 0 Å². The van der Waals surface area contributed by atoms with Crippen molar-refractivity contribution in [1.82, 2.24) is 4.90 Å². The molecular weight excluding hydrogens is 341 g/mol. The minimum Gasteiger partial charge on any atom is -0.456 e. The normalized spacial score (nSPS) is 14.2. The van der Waals surface area contributed by atoms with Gasteiger partial charge in [-0.3, -0.25) is 19.3 Å². The van der Waals surface area contributed by atoms with Crippen molar-refractivity contribution in [2.45, 2.75) is 13.0 Å². The van der Waals surface area contributed by atoms with Gasteiger partial charge in [-0.15, -0.1) is 0 Å². The minimum atomic E-state index is -1.19. The predicted octanol–water partition coefficient (Wildman–Crippen LogP) is 2.24. The summed E-state index contributed by atoms with van der Waals surface area (Å²) in [5, 5.41) is 0. The molecule has 0 saturated carbocycles. The zero-order chi connectivity index (χ0) is 18.8. The van der Waals surface area contributed by atoms with Gasteiger partial charge in [-0.1, -0.05) is 24.3 Å². The molecule has 2 amide bonds. The van der Waals surface area contributed by atoms with Crippen LogP contribution in [-0.4, -0.2) is 41.1 Å². The average molecular weight is 355 g/mol. The van der Waals surface area contributed by atoms with Crippen molar-refractivity contribution in [2.75, 3.05) is 6.61 Å². The van der Waals surface area contributed by atoms with Crippen LogP contribution in [0.2, 0.25) is 0 Å². The van der Waals surface area contributed by atoms with Crippen LogP contribution >= 0.6 is 0 Å². The van der Waals surface area contributed by atoms with E-state index in [0.29, 0.717) is 0 Å². The lowest BCUT2D eigenvalue weighted by Crippen LogP contribution is -2.44. The summed E-state index contributed by atoms with van der Waals surface area (Å²) in [7, 11) is 0. The Morgan fingerprint density at radius 3 is 2.23 bits per heavy atom. The fourth-order valence-electron chi connectivity index (χ4n) is 2.67. The standard InChI is InChI=1S/C19H14FNO5/c1-11(21-17(23)14-7-2-3-8-15(14)18(21)24)19(25)26-10-16(22)12-5-4-6-13(20)9-12/h2-9,11H,10H2,1H3/t11-/m0/s1. The maximum atomic E-state index is 13.1. The first-order valence-corrected chi connectivity index (χ1v) is 7.82. The van der Waals surface area contributed by atoms with Crippen LogP contribution in [0, 0.1) is 5.82 Å². The Balaban J connectivity index is 1.66. The Labute approximate surface area is 148 Å². The van der Waals surface area contributed by atoms with Crippen LogP contribution in [0.4, 0.5) is 4.39 Å². The van der Waals surface area contributed by atoms with E-state index in [9.17, 15) is 23.6 Å². The fourth-order valence-corrected chi connectivity index (χ4v) is 2.67. The zero-order valence-corrected chi connectivity index (χ0v) is 13.8. The number of hydrogen-bond donors (Lipinski definition) is 0. The van der Waals surface area contributed by atoms with Crippen LogP contribution < -0.4 is 0 Å². The van der Waals surface area contributed by atoms with Gasteiger partial charge in [0.05, 0.1) is 11.1 Å². The van der Waals surface area contributed by atoms with E-state index in [1.807, 2.05) is 0 Å². The molecule has 0 N–H and O–H groups in total. The quantitative estimate of drug-likeness (QED) is 0.467. The molecular formula is C19H14FNO5. The molecule has 26 heavy (non-hydrogen) atoms. The maximum Gasteiger partial charge on any atom is 0.329 e. The molecule has 1 heterocycles. The van der Waals surface area contributed by atoms with E-state index >= 15 is 0 Å². The zero-order valence-electron chi connectivity index (χ0n) is 13.8. The Morgan fingerprint density at radius 2 is 1.65 bits per heavy atom. The number of esters is 1. The number of fused-ring (bicyclic) bond motifs is 1. The molecule has 132 valence electrons. The van der Waals surface area contributed by atoms with Crippen LogP contribution in [0.25, 0.3) is 0 Å². The highest BCUT2D eigenvalue weighted by Gasteiger charge is 2.41. The summed E-state index contributed by atoms with van der Waals surface area (Å²) in [6, 6.07) is 10.0. The van der Waals surface area contributed by atoms with Gasteiger partial charge in [0.25, 0.3) is 11.8 Å². The first kappa shape index (κ1) is 17.5. The molecule has 0 saturated heterocycles. The number of nitrogens with zero attached hydrogens (tertiary/aromatic N) is 1. The summed E-state index contributed by atoms with van der Waals surface area (Å²) < 4.78 is 18.0. The molecule has 0 aliphatic carbocycles. The number of rotatable bonds is 5. The van der Waals surface area contributed by atoms with Crippen LogP contribution in [0.5, 0.6) is 0 Å². The van der Waals surface area contributed by atoms with Gasteiger partial charge in [0.2, 0.25) is 0 Å². The van der Waals surface area contributed by atoms with Gasteiger partial charge in [-0.2, -0.15) is 0 Å². The first-order valence-electron chi connectivity index (χ1n) is 7.82. The van der Waals surface area contributed by atoms with Gasteiger partial charge < -0.3 is 4.74 Å². The van der Waals surface area contributed by atoms with E-state index in [4.69, 9.17) is 4.74 Å². The summed E-state index contributed by atoms with van der Waals surface area (Å²) in [5.74, 6) is -3.25. The van der Waals surface area contributed by atoms with Gasteiger partial charge in [-0.25, -0.2) is 9.18 Å². The van der Waals surface area contributed by atoms with Crippen LogP contribution in [0.3, 0.4) is 0 Å². The molecule has 3 rings (SSSR count). The van der Waals surface area contributed by atoms with Crippen molar-refractivity contribution in [2.24, 2.45) is 0 Å². The van der Waals surface area contributed by atoms with Crippen molar-refractivity contribution < 1.29 is 28.3 Å². The summed E-state index contributed by atoms with van der Waals surface area (Å²) in [5.41, 5.74) is 0.493. The lowest BCUT2D eigenvalue weighted by Gasteiger charge is -2.20. The number of carbonyl (C=O) groups excluding carboxylic acids is 4. The Bertz CT molecular complexity index is 889. The molecule has 0 unspecified atom stereocenters. The third-order valence-electron chi connectivity index (χ3n) is 4.05. The number of imide groups is 1. The summed E-state index contributed by atoms with van der Waals surface area (Å²) >= 11 is 0. The second-order valence-corrected chi connectivity index (χ2v) is 5.74. The lowest BCUT2D eigenvalue weighted by molar-refractivity contribution is -0.146. The predicted molar refractivity (Wildman–Crippen MR) is 88.1 cm³/mol. The molecule has 0 spiro atoms. The SMILES string of the molecule is C[C@@H](C(=O)OCC(=O)c1cccc(F)c1)N1C(=O)c2ccccc2C1=O. The number of amides is 2. The van der Waals surface area contributed by atoms with Crippen LogP contribution in [0.15, 0.2) is 48.5 Å².